The van der Waals surface area contributed by atoms with Crippen LogP contribution >= 0.6 is 39.3 Å². The first kappa shape index (κ1) is 10.0. The molecule has 0 fully saturated rings. The first-order valence-electron chi connectivity index (χ1n) is 3.62. The van der Waals surface area contributed by atoms with E-state index < -0.39 is 0 Å². The molecule has 1 heterocycles. The molecular weight excluding hydrogens is 291 g/mol. The smallest absolute Gasteiger partial charge is 0.170 e. The number of nitrogens with zero attached hydrogens (tertiary/aromatic N) is 2. The first-order chi connectivity index (χ1) is 6.70. The normalized spacial score (nSPS) is 10.5. The molecule has 0 amide bonds. The first-order valence-corrected chi connectivity index (χ1v) is 5.52. The van der Waals surface area contributed by atoms with Crippen LogP contribution < -0.4 is 0 Å². The molecule has 72 valence electrons. The molecule has 2 nitrogen and oxygen atoms in total. The monoisotopic (exact) mass is 292 g/mol. The van der Waals surface area contributed by atoms with Crippen LogP contribution in [0.1, 0.15) is 0 Å². The molecule has 2 rings (SSSR count). The minimum absolute atomic E-state index is 0.229. The van der Waals surface area contributed by atoms with Gasteiger partial charge in [0, 0.05) is 5.56 Å². The van der Waals surface area contributed by atoms with E-state index in [4.69, 9.17) is 11.6 Å². The van der Waals surface area contributed by atoms with Gasteiger partial charge >= 0.3 is 0 Å². The van der Waals surface area contributed by atoms with Gasteiger partial charge in [0.25, 0.3) is 0 Å². The van der Waals surface area contributed by atoms with Gasteiger partial charge in [-0.05, 0) is 28.1 Å². The molecule has 0 unspecified atom stereocenters. The van der Waals surface area contributed by atoms with E-state index in [9.17, 15) is 4.39 Å². The lowest BCUT2D eigenvalue weighted by atomic mass is 10.1. The summed E-state index contributed by atoms with van der Waals surface area (Å²) in [4.78, 5) is 0. The Morgan fingerprint density at radius 3 is 2.79 bits per heavy atom. The summed E-state index contributed by atoms with van der Waals surface area (Å²) < 4.78 is 21.7. The van der Waals surface area contributed by atoms with E-state index in [0.29, 0.717) is 15.7 Å². The Balaban J connectivity index is 2.63. The van der Waals surface area contributed by atoms with Crippen LogP contribution in [0.25, 0.3) is 11.3 Å². The number of hydrogen-bond donors (Lipinski definition) is 0. The van der Waals surface area contributed by atoms with Gasteiger partial charge in [0.05, 0.1) is 16.2 Å². The van der Waals surface area contributed by atoms with E-state index in [2.05, 4.69) is 24.7 Å². The number of benzene rings is 1. The van der Waals surface area contributed by atoms with E-state index in [0.717, 1.165) is 11.7 Å². The molecule has 0 saturated heterocycles. The highest BCUT2D eigenvalue weighted by Gasteiger charge is 2.14. The summed E-state index contributed by atoms with van der Waals surface area (Å²) in [5.74, 6) is -0.373. The van der Waals surface area contributed by atoms with Gasteiger partial charge in [-0.25, -0.2) is 4.39 Å². The van der Waals surface area contributed by atoms with Crippen LogP contribution in [0, 0.1) is 5.82 Å². The van der Waals surface area contributed by atoms with Crippen LogP contribution in [0.4, 0.5) is 4.39 Å². The maximum atomic E-state index is 13.6. The summed E-state index contributed by atoms with van der Waals surface area (Å²) in [6.45, 7) is 0. The van der Waals surface area contributed by atoms with Gasteiger partial charge in [-0.2, -0.15) is 8.75 Å². The Morgan fingerprint density at radius 2 is 2.14 bits per heavy atom. The topological polar surface area (TPSA) is 25.8 Å². The number of halogens is 3. The van der Waals surface area contributed by atoms with Crippen molar-refractivity contribution in [1.82, 2.24) is 8.75 Å². The summed E-state index contributed by atoms with van der Waals surface area (Å²) in [6, 6.07) is 4.95. The Kier molecular flexibility index (Phi) is 2.80. The van der Waals surface area contributed by atoms with E-state index >= 15 is 0 Å². The standard InChI is InChI=1S/C8H3BrClFN2S/c9-5-3-1-2-4(6(5)11)7-8(10)13-14-12-7/h1-3H. The molecule has 1 aromatic carbocycles. The molecule has 0 aliphatic rings. The van der Waals surface area contributed by atoms with E-state index in [1.54, 1.807) is 18.2 Å². The maximum absolute atomic E-state index is 13.6. The second kappa shape index (κ2) is 3.92. The van der Waals surface area contributed by atoms with Crippen LogP contribution in [-0.2, 0) is 0 Å². The fourth-order valence-electron chi connectivity index (χ4n) is 1.02. The molecule has 0 atom stereocenters. The average Bonchev–Trinajstić information content (AvgIpc) is 2.57. The molecule has 2 aromatic rings. The molecular formula is C8H3BrClFN2S. The predicted molar refractivity (Wildman–Crippen MR) is 58.0 cm³/mol. The summed E-state index contributed by atoms with van der Waals surface area (Å²) in [5.41, 5.74) is 0.744. The van der Waals surface area contributed by atoms with Crippen molar-refractivity contribution in [3.8, 4) is 11.3 Å². The Hall–Kier alpha value is -0.520. The quantitative estimate of drug-likeness (QED) is 0.800. The van der Waals surface area contributed by atoms with Crippen LogP contribution in [0.3, 0.4) is 0 Å². The van der Waals surface area contributed by atoms with Crippen molar-refractivity contribution in [2.75, 3.05) is 0 Å². The third-order valence-electron chi connectivity index (χ3n) is 1.66. The van der Waals surface area contributed by atoms with Crippen LogP contribution in [-0.4, -0.2) is 8.75 Å². The minimum Gasteiger partial charge on any atom is -0.205 e. The van der Waals surface area contributed by atoms with Crippen molar-refractivity contribution in [2.24, 2.45) is 0 Å². The van der Waals surface area contributed by atoms with Gasteiger partial charge in [0.15, 0.2) is 5.15 Å². The number of aromatic nitrogens is 2. The Bertz CT molecular complexity index is 474. The SMILES string of the molecule is Fc1c(Br)cccc1-c1nsnc1Cl. The highest BCUT2D eigenvalue weighted by atomic mass is 79.9. The highest BCUT2D eigenvalue weighted by Crippen LogP contribution is 2.30. The van der Waals surface area contributed by atoms with Crippen molar-refractivity contribution in [3.05, 3.63) is 33.6 Å². The van der Waals surface area contributed by atoms with Crippen molar-refractivity contribution in [1.29, 1.82) is 0 Å². The molecule has 0 saturated carbocycles. The van der Waals surface area contributed by atoms with Crippen molar-refractivity contribution in [2.45, 2.75) is 0 Å². The molecule has 0 aliphatic carbocycles. The lowest BCUT2D eigenvalue weighted by Gasteiger charge is -2.00. The third-order valence-corrected chi connectivity index (χ3v) is 3.16. The summed E-state index contributed by atoms with van der Waals surface area (Å²) in [6.07, 6.45) is 0. The molecule has 0 radical (unpaired) electrons. The zero-order valence-electron chi connectivity index (χ0n) is 6.67. The Labute approximate surface area is 97.2 Å². The predicted octanol–water partition coefficient (Wildman–Crippen LogP) is 3.76. The molecule has 6 heteroatoms. The third kappa shape index (κ3) is 1.67. The van der Waals surface area contributed by atoms with Crippen molar-refractivity contribution in [3.63, 3.8) is 0 Å². The molecule has 0 bridgehead atoms. The average molecular weight is 294 g/mol. The number of rotatable bonds is 1. The zero-order valence-corrected chi connectivity index (χ0v) is 9.83. The minimum atomic E-state index is -0.373. The molecule has 0 spiro atoms. The van der Waals surface area contributed by atoms with E-state index in [1.807, 2.05) is 0 Å². The second-order valence-corrected chi connectivity index (χ2v) is 4.25. The molecule has 0 aliphatic heterocycles. The zero-order chi connectivity index (χ0) is 10.1. The molecule has 1 aromatic heterocycles. The second-order valence-electron chi connectivity index (χ2n) is 2.51. The highest BCUT2D eigenvalue weighted by molar-refractivity contribution is 9.10. The van der Waals surface area contributed by atoms with Gasteiger partial charge in [0.1, 0.15) is 11.5 Å². The van der Waals surface area contributed by atoms with E-state index in [1.165, 1.54) is 0 Å². The summed E-state index contributed by atoms with van der Waals surface area (Å²) in [5, 5.41) is 0.229. The summed E-state index contributed by atoms with van der Waals surface area (Å²) in [7, 11) is 0. The maximum Gasteiger partial charge on any atom is 0.170 e. The van der Waals surface area contributed by atoms with Gasteiger partial charge in [0.2, 0.25) is 0 Å². The van der Waals surface area contributed by atoms with E-state index in [-0.39, 0.29) is 11.0 Å². The van der Waals surface area contributed by atoms with Crippen LogP contribution in [0.5, 0.6) is 0 Å². The fraction of sp³-hybridized carbons (Fsp3) is 0. The Morgan fingerprint density at radius 1 is 1.36 bits per heavy atom. The lowest BCUT2D eigenvalue weighted by Crippen LogP contribution is -1.86. The fourth-order valence-corrected chi connectivity index (χ4v) is 2.14. The largest absolute Gasteiger partial charge is 0.205 e. The van der Waals surface area contributed by atoms with Gasteiger partial charge < -0.3 is 0 Å². The van der Waals surface area contributed by atoms with Gasteiger partial charge in [-0.1, -0.05) is 17.7 Å². The van der Waals surface area contributed by atoms with Gasteiger partial charge in [-0.15, -0.1) is 0 Å². The van der Waals surface area contributed by atoms with Crippen LogP contribution in [0.15, 0.2) is 22.7 Å². The number of hydrogen-bond acceptors (Lipinski definition) is 3. The van der Waals surface area contributed by atoms with Crippen molar-refractivity contribution >= 4 is 39.3 Å². The van der Waals surface area contributed by atoms with Crippen molar-refractivity contribution < 1.29 is 4.39 Å². The van der Waals surface area contributed by atoms with Gasteiger partial charge in [-0.3, -0.25) is 0 Å². The summed E-state index contributed by atoms with van der Waals surface area (Å²) >= 11 is 9.81. The lowest BCUT2D eigenvalue weighted by molar-refractivity contribution is 0.624. The molecule has 14 heavy (non-hydrogen) atoms. The molecule has 0 N–H and O–H groups in total. The van der Waals surface area contributed by atoms with Crippen LogP contribution in [0.2, 0.25) is 5.15 Å².